The van der Waals surface area contributed by atoms with Crippen molar-refractivity contribution in [2.75, 3.05) is 38.2 Å². The molecule has 1 aromatic heterocycles. The summed E-state index contributed by atoms with van der Waals surface area (Å²) in [5, 5.41) is 0. The number of carbonyl (C=O) groups excluding carboxylic acids is 2. The molecule has 8 heteroatoms. The van der Waals surface area contributed by atoms with Gasteiger partial charge in [0.1, 0.15) is 12.1 Å². The first-order valence-electron chi connectivity index (χ1n) is 12.2. The van der Waals surface area contributed by atoms with Crippen LogP contribution >= 0.6 is 0 Å². The molecule has 1 atom stereocenters. The lowest BCUT2D eigenvalue weighted by Crippen LogP contribution is -2.47. The van der Waals surface area contributed by atoms with Crippen molar-refractivity contribution < 1.29 is 14.3 Å². The van der Waals surface area contributed by atoms with Gasteiger partial charge in [0.15, 0.2) is 0 Å². The molecule has 3 heterocycles. The fourth-order valence-electron chi connectivity index (χ4n) is 4.84. The fourth-order valence-corrected chi connectivity index (χ4v) is 4.84. The van der Waals surface area contributed by atoms with E-state index in [4.69, 9.17) is 4.74 Å². The molecule has 8 nitrogen and oxygen atoms in total. The Morgan fingerprint density at radius 2 is 1.88 bits per heavy atom. The number of anilines is 1. The van der Waals surface area contributed by atoms with E-state index in [9.17, 15) is 9.59 Å². The van der Waals surface area contributed by atoms with Gasteiger partial charge in [0.05, 0.1) is 30.8 Å². The van der Waals surface area contributed by atoms with Crippen molar-refractivity contribution in [1.82, 2.24) is 19.8 Å². The predicted octanol–water partition coefficient (Wildman–Crippen LogP) is 2.66. The molecule has 182 valence electrons. The molecule has 34 heavy (non-hydrogen) atoms. The second-order valence-electron chi connectivity index (χ2n) is 9.22. The lowest BCUT2D eigenvalue weighted by molar-refractivity contribution is -0.148. The van der Waals surface area contributed by atoms with E-state index in [0.717, 1.165) is 56.0 Å². The maximum Gasteiger partial charge on any atom is 0.309 e. The maximum absolute atomic E-state index is 13.4. The van der Waals surface area contributed by atoms with Crippen LogP contribution in [0.3, 0.4) is 0 Å². The van der Waals surface area contributed by atoms with Gasteiger partial charge in [0.25, 0.3) is 0 Å². The van der Waals surface area contributed by atoms with Crippen molar-refractivity contribution in [3.63, 3.8) is 0 Å². The monoisotopic (exact) mass is 465 g/mol. The summed E-state index contributed by atoms with van der Waals surface area (Å²) in [5.74, 6) is 0.875. The van der Waals surface area contributed by atoms with E-state index in [-0.39, 0.29) is 23.8 Å². The summed E-state index contributed by atoms with van der Waals surface area (Å²) in [6.07, 6.45) is 3.85. The average Bonchev–Trinajstić information content (AvgIpc) is 2.88. The first kappa shape index (κ1) is 24.1. The molecule has 0 N–H and O–H groups in total. The number of amides is 1. The van der Waals surface area contributed by atoms with E-state index < -0.39 is 0 Å². The third kappa shape index (κ3) is 5.38. The number of carbonyl (C=O) groups is 2. The maximum atomic E-state index is 13.4. The Labute approximate surface area is 201 Å². The summed E-state index contributed by atoms with van der Waals surface area (Å²) >= 11 is 0. The minimum Gasteiger partial charge on any atom is -0.466 e. The van der Waals surface area contributed by atoms with Gasteiger partial charge in [0.2, 0.25) is 5.91 Å². The molecule has 1 fully saturated rings. The number of nitrogens with zero attached hydrogens (tertiary/aromatic N) is 5. The SMILES string of the molecule is CCOC(=O)C1CCN(c2ncnc3c2CN(C(=O)C(C)N(C)Cc2ccccc2)CC3)CC1. The summed E-state index contributed by atoms with van der Waals surface area (Å²) in [4.78, 5) is 40.9. The van der Waals surface area contributed by atoms with Crippen LogP contribution in [0, 0.1) is 5.92 Å². The number of rotatable bonds is 7. The Hall–Kier alpha value is -3.00. The summed E-state index contributed by atoms with van der Waals surface area (Å²) in [7, 11) is 2.00. The summed E-state index contributed by atoms with van der Waals surface area (Å²) in [6.45, 7) is 7.64. The highest BCUT2D eigenvalue weighted by atomic mass is 16.5. The minimum absolute atomic E-state index is 0.0482. The molecular formula is C26H35N5O3. The molecule has 1 saturated heterocycles. The van der Waals surface area contributed by atoms with Crippen LogP contribution in [0.2, 0.25) is 0 Å². The first-order chi connectivity index (χ1) is 16.5. The highest BCUT2D eigenvalue weighted by Gasteiger charge is 2.32. The topological polar surface area (TPSA) is 78.9 Å². The van der Waals surface area contributed by atoms with E-state index >= 15 is 0 Å². The average molecular weight is 466 g/mol. The number of ether oxygens (including phenoxy) is 1. The van der Waals surface area contributed by atoms with Crippen LogP contribution in [0.15, 0.2) is 36.7 Å². The zero-order chi connectivity index (χ0) is 24.1. The third-order valence-electron chi connectivity index (χ3n) is 7.00. The number of aromatic nitrogens is 2. The van der Waals surface area contributed by atoms with Gasteiger partial charge in [-0.25, -0.2) is 9.97 Å². The van der Waals surface area contributed by atoms with Gasteiger partial charge >= 0.3 is 5.97 Å². The number of likely N-dealkylation sites (N-methyl/N-ethyl adjacent to an activating group) is 1. The fraction of sp³-hybridized carbons (Fsp3) is 0.538. The van der Waals surface area contributed by atoms with E-state index in [0.29, 0.717) is 19.7 Å². The highest BCUT2D eigenvalue weighted by molar-refractivity contribution is 5.82. The number of benzene rings is 1. The molecule has 1 aromatic carbocycles. The molecule has 2 aromatic rings. The largest absolute Gasteiger partial charge is 0.466 e. The molecule has 2 aliphatic rings. The van der Waals surface area contributed by atoms with Gasteiger partial charge in [-0.15, -0.1) is 0 Å². The Morgan fingerprint density at radius 1 is 1.15 bits per heavy atom. The van der Waals surface area contributed by atoms with Crippen LogP contribution in [-0.2, 0) is 33.8 Å². The van der Waals surface area contributed by atoms with Gasteiger partial charge in [0, 0.05) is 38.2 Å². The Bertz CT molecular complexity index is 991. The van der Waals surface area contributed by atoms with E-state index in [1.807, 2.05) is 44.0 Å². The molecule has 0 saturated carbocycles. The third-order valence-corrected chi connectivity index (χ3v) is 7.00. The zero-order valence-electron chi connectivity index (χ0n) is 20.4. The minimum atomic E-state index is -0.227. The normalized spacial score (nSPS) is 17.4. The number of hydrogen-bond acceptors (Lipinski definition) is 7. The second-order valence-corrected chi connectivity index (χ2v) is 9.22. The van der Waals surface area contributed by atoms with Gasteiger partial charge in [-0.2, -0.15) is 0 Å². The van der Waals surface area contributed by atoms with Crippen molar-refractivity contribution in [3.8, 4) is 0 Å². The quantitative estimate of drug-likeness (QED) is 0.582. The van der Waals surface area contributed by atoms with Crippen LogP contribution < -0.4 is 4.90 Å². The molecule has 1 unspecified atom stereocenters. The summed E-state index contributed by atoms with van der Waals surface area (Å²) < 4.78 is 5.20. The van der Waals surface area contributed by atoms with Crippen LogP contribution in [0.5, 0.6) is 0 Å². The van der Waals surface area contributed by atoms with Crippen molar-refractivity contribution >= 4 is 17.7 Å². The number of fused-ring (bicyclic) bond motifs is 1. The molecule has 2 aliphatic heterocycles. The molecule has 0 bridgehead atoms. The zero-order valence-corrected chi connectivity index (χ0v) is 20.4. The van der Waals surface area contributed by atoms with Crippen LogP contribution in [0.1, 0.15) is 43.5 Å². The number of esters is 1. The Kier molecular flexibility index (Phi) is 7.77. The molecule has 0 aliphatic carbocycles. The lowest BCUT2D eigenvalue weighted by Gasteiger charge is -2.37. The lowest BCUT2D eigenvalue weighted by atomic mass is 9.96. The Morgan fingerprint density at radius 3 is 2.59 bits per heavy atom. The number of hydrogen-bond donors (Lipinski definition) is 0. The van der Waals surface area contributed by atoms with E-state index in [1.165, 1.54) is 5.56 Å². The van der Waals surface area contributed by atoms with Crippen molar-refractivity contribution in [3.05, 3.63) is 53.5 Å². The predicted molar refractivity (Wildman–Crippen MR) is 130 cm³/mol. The van der Waals surface area contributed by atoms with Gasteiger partial charge in [-0.3, -0.25) is 14.5 Å². The standard InChI is InChI=1S/C26H35N5O3/c1-4-34-26(33)21-10-13-30(14-11-21)24-22-17-31(15-12-23(22)27-18-28-24)25(32)19(2)29(3)16-20-8-6-5-7-9-20/h5-9,18-19,21H,4,10-17H2,1-3H3. The molecule has 4 rings (SSSR count). The van der Waals surface area contributed by atoms with Crippen LogP contribution in [-0.4, -0.2) is 71.0 Å². The molecule has 0 spiro atoms. The van der Waals surface area contributed by atoms with Gasteiger partial charge < -0.3 is 14.5 Å². The van der Waals surface area contributed by atoms with Gasteiger partial charge in [-0.05, 0) is 39.3 Å². The van der Waals surface area contributed by atoms with Crippen molar-refractivity contribution in [2.24, 2.45) is 5.92 Å². The first-order valence-corrected chi connectivity index (χ1v) is 12.2. The smallest absolute Gasteiger partial charge is 0.309 e. The van der Waals surface area contributed by atoms with Crippen LogP contribution in [0.4, 0.5) is 5.82 Å². The highest BCUT2D eigenvalue weighted by Crippen LogP contribution is 2.30. The van der Waals surface area contributed by atoms with E-state index in [1.54, 1.807) is 6.33 Å². The number of piperidine rings is 1. The molecule has 0 radical (unpaired) electrons. The second kappa shape index (κ2) is 11.0. The van der Waals surface area contributed by atoms with Crippen molar-refractivity contribution in [1.29, 1.82) is 0 Å². The Balaban J connectivity index is 1.42. The van der Waals surface area contributed by atoms with Crippen LogP contribution in [0.25, 0.3) is 0 Å². The molecular weight excluding hydrogens is 430 g/mol. The molecule has 1 amide bonds. The van der Waals surface area contributed by atoms with Crippen molar-refractivity contribution in [2.45, 2.75) is 52.2 Å². The van der Waals surface area contributed by atoms with Gasteiger partial charge in [-0.1, -0.05) is 30.3 Å². The van der Waals surface area contributed by atoms with E-state index in [2.05, 4.69) is 31.9 Å². The summed E-state index contributed by atoms with van der Waals surface area (Å²) in [5.41, 5.74) is 3.25. The summed E-state index contributed by atoms with van der Waals surface area (Å²) in [6, 6.07) is 9.99.